The summed E-state index contributed by atoms with van der Waals surface area (Å²) in [4.78, 5) is 4.24. The van der Waals surface area contributed by atoms with Gasteiger partial charge in [0.25, 0.3) is 0 Å². The van der Waals surface area contributed by atoms with Crippen LogP contribution in [0.4, 0.5) is 5.69 Å². The summed E-state index contributed by atoms with van der Waals surface area (Å²) < 4.78 is 5.80. The molecule has 1 heterocycles. The maximum Gasteiger partial charge on any atom is 0.216 e. The molecule has 0 aliphatic rings. The highest BCUT2D eigenvalue weighted by molar-refractivity contribution is 5.53. The summed E-state index contributed by atoms with van der Waals surface area (Å²) >= 11 is 0. The molecule has 0 amide bonds. The molecule has 0 fully saturated rings. The molecule has 3 nitrogen and oxygen atoms in total. The van der Waals surface area contributed by atoms with Crippen molar-refractivity contribution in [1.82, 2.24) is 4.98 Å². The minimum absolute atomic E-state index is 0.528. The Labute approximate surface area is 108 Å². The topological polar surface area (TPSA) is 34.1 Å². The van der Waals surface area contributed by atoms with Crippen molar-refractivity contribution < 1.29 is 4.74 Å². The van der Waals surface area contributed by atoms with E-state index in [4.69, 9.17) is 4.74 Å². The largest absolute Gasteiger partial charge is 0.473 e. The van der Waals surface area contributed by atoms with Crippen LogP contribution in [0.5, 0.6) is 5.88 Å². The Hall–Kier alpha value is -2.03. The van der Waals surface area contributed by atoms with Crippen molar-refractivity contribution >= 4 is 5.69 Å². The van der Waals surface area contributed by atoms with E-state index >= 15 is 0 Å². The molecule has 2 rings (SSSR count). The molecule has 0 saturated carbocycles. The fraction of sp³-hybridized carbons (Fsp3) is 0.267. The number of benzene rings is 1. The molecule has 0 aliphatic carbocycles. The third-order valence-electron chi connectivity index (χ3n) is 2.99. The number of pyridine rings is 1. The minimum Gasteiger partial charge on any atom is -0.473 e. The van der Waals surface area contributed by atoms with Crippen LogP contribution in [-0.4, -0.2) is 12.0 Å². The van der Waals surface area contributed by atoms with Gasteiger partial charge in [-0.15, -0.1) is 0 Å². The van der Waals surface area contributed by atoms with Gasteiger partial charge in [-0.2, -0.15) is 0 Å². The number of hydrogen-bond acceptors (Lipinski definition) is 3. The molecule has 0 radical (unpaired) electrons. The van der Waals surface area contributed by atoms with Crippen molar-refractivity contribution in [3.8, 4) is 5.88 Å². The molecule has 0 atom stereocenters. The Morgan fingerprint density at radius 2 is 1.89 bits per heavy atom. The van der Waals surface area contributed by atoms with E-state index in [9.17, 15) is 0 Å². The Morgan fingerprint density at radius 3 is 2.61 bits per heavy atom. The van der Waals surface area contributed by atoms with Crippen LogP contribution in [0.1, 0.15) is 16.7 Å². The zero-order valence-corrected chi connectivity index (χ0v) is 11.0. The van der Waals surface area contributed by atoms with Gasteiger partial charge in [0.05, 0.1) is 0 Å². The van der Waals surface area contributed by atoms with E-state index in [0.29, 0.717) is 12.5 Å². The molecule has 1 aromatic carbocycles. The number of anilines is 1. The molecular formula is C15H18N2O. The van der Waals surface area contributed by atoms with E-state index in [2.05, 4.69) is 29.4 Å². The lowest BCUT2D eigenvalue weighted by atomic mass is 10.1. The lowest BCUT2D eigenvalue weighted by Gasteiger charge is -2.13. The van der Waals surface area contributed by atoms with Crippen LogP contribution in [0.15, 0.2) is 36.5 Å². The molecule has 0 bridgehead atoms. The van der Waals surface area contributed by atoms with E-state index < -0.39 is 0 Å². The van der Waals surface area contributed by atoms with E-state index in [-0.39, 0.29) is 0 Å². The number of rotatable bonds is 4. The van der Waals surface area contributed by atoms with Crippen LogP contribution in [0.3, 0.4) is 0 Å². The Bertz CT molecular complexity index is 538. The second kappa shape index (κ2) is 5.54. The summed E-state index contributed by atoms with van der Waals surface area (Å²) in [5, 5.41) is 3.19. The standard InChI is InChI=1S/C15H18N2O/c1-11-6-4-8-14(16-3)13(11)10-18-15-12(2)7-5-9-17-15/h4-9,16H,10H2,1-3H3. The highest BCUT2D eigenvalue weighted by Gasteiger charge is 2.06. The zero-order chi connectivity index (χ0) is 13.0. The lowest BCUT2D eigenvalue weighted by molar-refractivity contribution is 0.291. The number of hydrogen-bond donors (Lipinski definition) is 1. The van der Waals surface area contributed by atoms with E-state index in [1.807, 2.05) is 32.2 Å². The SMILES string of the molecule is CNc1cccc(C)c1COc1ncccc1C. The maximum atomic E-state index is 5.80. The van der Waals surface area contributed by atoms with Crippen molar-refractivity contribution in [2.24, 2.45) is 0 Å². The molecule has 2 aromatic rings. The smallest absolute Gasteiger partial charge is 0.216 e. The fourth-order valence-corrected chi connectivity index (χ4v) is 1.89. The summed E-state index contributed by atoms with van der Waals surface area (Å²) in [6, 6.07) is 10.1. The average Bonchev–Trinajstić information content (AvgIpc) is 2.39. The normalized spacial score (nSPS) is 10.2. The van der Waals surface area contributed by atoms with Crippen LogP contribution < -0.4 is 10.1 Å². The summed E-state index contributed by atoms with van der Waals surface area (Å²) in [7, 11) is 1.92. The first-order chi connectivity index (χ1) is 8.72. The second-order valence-electron chi connectivity index (χ2n) is 4.27. The molecule has 18 heavy (non-hydrogen) atoms. The van der Waals surface area contributed by atoms with Crippen molar-refractivity contribution in [2.45, 2.75) is 20.5 Å². The average molecular weight is 242 g/mol. The monoisotopic (exact) mass is 242 g/mol. The van der Waals surface area contributed by atoms with E-state index in [1.165, 1.54) is 11.1 Å². The predicted molar refractivity (Wildman–Crippen MR) is 74.0 cm³/mol. The first kappa shape index (κ1) is 12.4. The quantitative estimate of drug-likeness (QED) is 0.893. The van der Waals surface area contributed by atoms with Gasteiger partial charge in [-0.3, -0.25) is 0 Å². The number of nitrogens with zero attached hydrogens (tertiary/aromatic N) is 1. The van der Waals surface area contributed by atoms with Gasteiger partial charge in [0.2, 0.25) is 5.88 Å². The highest BCUT2D eigenvalue weighted by Crippen LogP contribution is 2.22. The first-order valence-electron chi connectivity index (χ1n) is 6.03. The minimum atomic E-state index is 0.528. The molecule has 0 unspecified atom stereocenters. The van der Waals surface area contributed by atoms with Gasteiger partial charge < -0.3 is 10.1 Å². The fourth-order valence-electron chi connectivity index (χ4n) is 1.89. The molecular weight excluding hydrogens is 224 g/mol. The van der Waals surface area contributed by atoms with Gasteiger partial charge in [0, 0.05) is 30.1 Å². The van der Waals surface area contributed by atoms with E-state index in [0.717, 1.165) is 11.3 Å². The van der Waals surface area contributed by atoms with Crippen molar-refractivity contribution in [3.05, 3.63) is 53.2 Å². The second-order valence-corrected chi connectivity index (χ2v) is 4.27. The maximum absolute atomic E-state index is 5.80. The molecule has 1 aromatic heterocycles. The van der Waals surface area contributed by atoms with Crippen molar-refractivity contribution in [1.29, 1.82) is 0 Å². The number of ether oxygens (including phenoxy) is 1. The summed E-state index contributed by atoms with van der Waals surface area (Å²) in [5.41, 5.74) is 4.54. The van der Waals surface area contributed by atoms with Crippen molar-refractivity contribution in [2.75, 3.05) is 12.4 Å². The Balaban J connectivity index is 2.18. The predicted octanol–water partition coefficient (Wildman–Crippen LogP) is 3.32. The van der Waals surface area contributed by atoms with Crippen LogP contribution in [0.2, 0.25) is 0 Å². The van der Waals surface area contributed by atoms with Crippen LogP contribution in [0, 0.1) is 13.8 Å². The van der Waals surface area contributed by atoms with E-state index in [1.54, 1.807) is 6.20 Å². The molecule has 3 heteroatoms. The third kappa shape index (κ3) is 2.62. The zero-order valence-electron chi connectivity index (χ0n) is 11.0. The van der Waals surface area contributed by atoms with Crippen molar-refractivity contribution in [3.63, 3.8) is 0 Å². The van der Waals surface area contributed by atoms with Gasteiger partial charge in [-0.1, -0.05) is 18.2 Å². The molecule has 0 aliphatic heterocycles. The van der Waals surface area contributed by atoms with Crippen LogP contribution in [0.25, 0.3) is 0 Å². The summed E-state index contributed by atoms with van der Waals surface area (Å²) in [5.74, 6) is 0.697. The van der Waals surface area contributed by atoms with Gasteiger partial charge in [0.15, 0.2) is 0 Å². The number of aromatic nitrogens is 1. The summed E-state index contributed by atoms with van der Waals surface area (Å²) in [6.45, 7) is 4.62. The van der Waals surface area contributed by atoms with Gasteiger partial charge in [-0.25, -0.2) is 4.98 Å². The third-order valence-corrected chi connectivity index (χ3v) is 2.99. The van der Waals surface area contributed by atoms with Crippen LogP contribution >= 0.6 is 0 Å². The number of nitrogens with one attached hydrogen (secondary N) is 1. The van der Waals surface area contributed by atoms with Gasteiger partial charge in [0.1, 0.15) is 6.61 Å². The molecule has 94 valence electrons. The van der Waals surface area contributed by atoms with Gasteiger partial charge in [-0.05, 0) is 31.5 Å². The lowest BCUT2D eigenvalue weighted by Crippen LogP contribution is -2.04. The Morgan fingerprint density at radius 1 is 1.11 bits per heavy atom. The van der Waals surface area contributed by atoms with Gasteiger partial charge >= 0.3 is 0 Å². The first-order valence-corrected chi connectivity index (χ1v) is 6.03. The Kier molecular flexibility index (Phi) is 3.82. The summed E-state index contributed by atoms with van der Waals surface area (Å²) in [6.07, 6.45) is 1.75. The van der Waals surface area contributed by atoms with Crippen LogP contribution in [-0.2, 0) is 6.61 Å². The molecule has 1 N–H and O–H groups in total. The molecule has 0 spiro atoms. The highest BCUT2D eigenvalue weighted by atomic mass is 16.5. The number of aryl methyl sites for hydroxylation is 2. The molecule has 0 saturated heterocycles.